The van der Waals surface area contributed by atoms with Gasteiger partial charge in [-0.15, -0.1) is 0 Å². The molecule has 0 amide bonds. The van der Waals surface area contributed by atoms with Crippen LogP contribution in [0.5, 0.6) is 5.75 Å². The molecule has 3 aromatic rings. The molecule has 0 spiro atoms. The van der Waals surface area contributed by atoms with Crippen LogP contribution in [0.15, 0.2) is 42.5 Å². The minimum atomic E-state index is 0.478. The van der Waals surface area contributed by atoms with Crippen molar-refractivity contribution in [1.82, 2.24) is 9.97 Å². The predicted molar refractivity (Wildman–Crippen MR) is 83.9 cm³/mol. The smallest absolute Gasteiger partial charge is 0.142 e. The molecule has 0 fully saturated rings. The van der Waals surface area contributed by atoms with E-state index >= 15 is 0 Å². The molecule has 0 unspecified atom stereocenters. The van der Waals surface area contributed by atoms with Gasteiger partial charge >= 0.3 is 0 Å². The molecule has 2 aromatic carbocycles. The summed E-state index contributed by atoms with van der Waals surface area (Å²) < 4.78 is 10.7. The number of hydrogen-bond acceptors (Lipinski definition) is 3. The fourth-order valence-corrected chi connectivity index (χ4v) is 2.30. The Morgan fingerprint density at radius 2 is 2.00 bits per heavy atom. The predicted octanol–water partition coefficient (Wildman–Crippen LogP) is 3.91. The van der Waals surface area contributed by atoms with E-state index in [9.17, 15) is 0 Å². The quantitative estimate of drug-likeness (QED) is 0.727. The largest absolute Gasteiger partial charge is 0.490 e. The van der Waals surface area contributed by atoms with Crippen LogP contribution in [0.25, 0.3) is 22.4 Å². The summed E-state index contributed by atoms with van der Waals surface area (Å²) in [5, 5.41) is 0.643. The summed E-state index contributed by atoms with van der Waals surface area (Å²) >= 11 is 6.10. The van der Waals surface area contributed by atoms with Crippen molar-refractivity contribution in [2.75, 3.05) is 20.3 Å². The van der Waals surface area contributed by atoms with Crippen LogP contribution in [0, 0.1) is 0 Å². The number of imidazole rings is 1. The second kappa shape index (κ2) is 6.16. The summed E-state index contributed by atoms with van der Waals surface area (Å²) in [5.74, 6) is 1.47. The molecule has 1 aromatic heterocycles. The lowest BCUT2D eigenvalue weighted by Crippen LogP contribution is -2.05. The van der Waals surface area contributed by atoms with Crippen molar-refractivity contribution in [2.45, 2.75) is 0 Å². The Bertz CT molecular complexity index is 722. The van der Waals surface area contributed by atoms with Crippen molar-refractivity contribution in [2.24, 2.45) is 0 Å². The minimum Gasteiger partial charge on any atom is -0.490 e. The Balaban J connectivity index is 2.00. The molecule has 21 heavy (non-hydrogen) atoms. The van der Waals surface area contributed by atoms with Crippen molar-refractivity contribution in [3.8, 4) is 17.1 Å². The van der Waals surface area contributed by atoms with Crippen LogP contribution < -0.4 is 4.74 Å². The Hall–Kier alpha value is -2.04. The number of rotatable bonds is 5. The zero-order valence-electron chi connectivity index (χ0n) is 11.6. The van der Waals surface area contributed by atoms with Gasteiger partial charge in [-0.3, -0.25) is 0 Å². The number of nitrogens with one attached hydrogen (secondary N) is 1. The summed E-state index contributed by atoms with van der Waals surface area (Å²) in [4.78, 5) is 7.88. The third kappa shape index (κ3) is 3.01. The highest BCUT2D eigenvalue weighted by atomic mass is 35.5. The fraction of sp³-hybridized carbons (Fsp3) is 0.188. The molecule has 5 heteroatoms. The summed E-state index contributed by atoms with van der Waals surface area (Å²) in [6.07, 6.45) is 0. The van der Waals surface area contributed by atoms with E-state index < -0.39 is 0 Å². The molecule has 3 rings (SSSR count). The lowest BCUT2D eigenvalue weighted by Gasteiger charge is -2.10. The van der Waals surface area contributed by atoms with Crippen molar-refractivity contribution in [3.63, 3.8) is 0 Å². The van der Waals surface area contributed by atoms with Gasteiger partial charge in [-0.2, -0.15) is 0 Å². The topological polar surface area (TPSA) is 47.1 Å². The van der Waals surface area contributed by atoms with Crippen LogP contribution in [0.2, 0.25) is 5.02 Å². The molecule has 0 aliphatic carbocycles. The van der Waals surface area contributed by atoms with E-state index in [1.54, 1.807) is 13.2 Å². The average Bonchev–Trinajstić information content (AvgIpc) is 2.92. The van der Waals surface area contributed by atoms with Crippen molar-refractivity contribution >= 4 is 22.6 Å². The SMILES string of the molecule is COCCOc1ccc(Cl)cc1-c1nc2ccccc2[nH]1. The van der Waals surface area contributed by atoms with E-state index in [0.29, 0.717) is 18.2 Å². The number of benzene rings is 2. The molecular formula is C16H15ClN2O2. The Morgan fingerprint density at radius 1 is 1.14 bits per heavy atom. The van der Waals surface area contributed by atoms with E-state index in [1.165, 1.54) is 0 Å². The maximum Gasteiger partial charge on any atom is 0.142 e. The average molecular weight is 303 g/mol. The highest BCUT2D eigenvalue weighted by Crippen LogP contribution is 2.32. The highest BCUT2D eigenvalue weighted by molar-refractivity contribution is 6.30. The monoisotopic (exact) mass is 302 g/mol. The minimum absolute atomic E-state index is 0.478. The van der Waals surface area contributed by atoms with E-state index in [1.807, 2.05) is 36.4 Å². The standard InChI is InChI=1S/C16H15ClN2O2/c1-20-8-9-21-15-7-6-11(17)10-12(15)16-18-13-4-2-3-5-14(13)19-16/h2-7,10H,8-9H2,1H3,(H,18,19). The number of H-pyrrole nitrogens is 1. The Morgan fingerprint density at radius 3 is 2.81 bits per heavy atom. The Kier molecular flexibility index (Phi) is 4.08. The summed E-state index contributed by atoms with van der Waals surface area (Å²) in [7, 11) is 1.64. The van der Waals surface area contributed by atoms with Crippen LogP contribution in [-0.2, 0) is 4.74 Å². The van der Waals surface area contributed by atoms with Crippen molar-refractivity contribution < 1.29 is 9.47 Å². The zero-order valence-corrected chi connectivity index (χ0v) is 12.4. The van der Waals surface area contributed by atoms with Gasteiger partial charge in [0.25, 0.3) is 0 Å². The lowest BCUT2D eigenvalue weighted by molar-refractivity contribution is 0.146. The second-order valence-corrected chi connectivity index (χ2v) is 5.02. The van der Waals surface area contributed by atoms with Crippen molar-refractivity contribution in [1.29, 1.82) is 0 Å². The number of para-hydroxylation sites is 2. The van der Waals surface area contributed by atoms with Crippen molar-refractivity contribution in [3.05, 3.63) is 47.5 Å². The molecule has 108 valence electrons. The number of methoxy groups -OCH3 is 1. The van der Waals surface area contributed by atoms with Gasteiger partial charge in [-0.1, -0.05) is 23.7 Å². The first-order valence-corrected chi connectivity index (χ1v) is 7.02. The number of ether oxygens (including phenoxy) is 2. The molecule has 0 saturated carbocycles. The van der Waals surface area contributed by atoms with Crippen LogP contribution >= 0.6 is 11.6 Å². The molecule has 0 aliphatic heterocycles. The highest BCUT2D eigenvalue weighted by Gasteiger charge is 2.11. The third-order valence-corrected chi connectivity index (χ3v) is 3.37. The number of aromatic amines is 1. The van der Waals surface area contributed by atoms with Crippen LogP contribution in [0.1, 0.15) is 0 Å². The van der Waals surface area contributed by atoms with Gasteiger partial charge in [-0.05, 0) is 30.3 Å². The van der Waals surface area contributed by atoms with Crippen LogP contribution in [0.4, 0.5) is 0 Å². The third-order valence-electron chi connectivity index (χ3n) is 3.13. The maximum absolute atomic E-state index is 6.10. The number of nitrogens with zero attached hydrogens (tertiary/aromatic N) is 1. The van der Waals surface area contributed by atoms with Gasteiger partial charge in [0, 0.05) is 12.1 Å². The molecule has 1 heterocycles. The van der Waals surface area contributed by atoms with Gasteiger partial charge in [-0.25, -0.2) is 4.98 Å². The second-order valence-electron chi connectivity index (χ2n) is 4.58. The molecule has 0 atom stereocenters. The number of hydrogen-bond donors (Lipinski definition) is 1. The van der Waals surface area contributed by atoms with E-state index in [4.69, 9.17) is 21.1 Å². The Labute approximate surface area is 127 Å². The summed E-state index contributed by atoms with van der Waals surface area (Å²) in [5.41, 5.74) is 2.74. The molecule has 1 N–H and O–H groups in total. The van der Waals surface area contributed by atoms with Gasteiger partial charge in [0.1, 0.15) is 18.2 Å². The fourth-order valence-electron chi connectivity index (χ4n) is 2.13. The molecular weight excluding hydrogens is 288 g/mol. The molecule has 0 radical (unpaired) electrons. The van der Waals surface area contributed by atoms with E-state index in [-0.39, 0.29) is 0 Å². The van der Waals surface area contributed by atoms with Gasteiger partial charge in [0.05, 0.1) is 23.2 Å². The first-order valence-electron chi connectivity index (χ1n) is 6.64. The molecule has 0 bridgehead atoms. The first-order chi connectivity index (χ1) is 10.3. The summed E-state index contributed by atoms with van der Waals surface area (Å²) in [6, 6.07) is 13.4. The molecule has 0 saturated heterocycles. The number of aromatic nitrogens is 2. The lowest BCUT2D eigenvalue weighted by atomic mass is 10.2. The van der Waals surface area contributed by atoms with Gasteiger partial charge in [0.15, 0.2) is 0 Å². The number of halogens is 1. The molecule has 0 aliphatic rings. The van der Waals surface area contributed by atoms with Gasteiger partial charge < -0.3 is 14.5 Å². The zero-order chi connectivity index (χ0) is 14.7. The van der Waals surface area contributed by atoms with Gasteiger partial charge in [0.2, 0.25) is 0 Å². The summed E-state index contributed by atoms with van der Waals surface area (Å²) in [6.45, 7) is 1.01. The van der Waals surface area contributed by atoms with Crippen LogP contribution in [-0.4, -0.2) is 30.3 Å². The van der Waals surface area contributed by atoms with Crippen LogP contribution in [0.3, 0.4) is 0 Å². The number of fused-ring (bicyclic) bond motifs is 1. The molecule has 4 nitrogen and oxygen atoms in total. The van der Waals surface area contributed by atoms with E-state index in [0.717, 1.165) is 28.2 Å². The van der Waals surface area contributed by atoms with E-state index in [2.05, 4.69) is 9.97 Å². The maximum atomic E-state index is 6.10. The normalized spacial score (nSPS) is 11.0. The first kappa shape index (κ1) is 13.9.